The van der Waals surface area contributed by atoms with Crippen molar-refractivity contribution in [3.05, 3.63) is 52.7 Å². The highest BCUT2D eigenvalue weighted by atomic mass is 35.5. The summed E-state index contributed by atoms with van der Waals surface area (Å²) in [6, 6.07) is 9.32. The number of carbonyl (C=O) groups is 1. The van der Waals surface area contributed by atoms with Crippen molar-refractivity contribution in [2.75, 3.05) is 17.7 Å². The Labute approximate surface area is 123 Å². The van der Waals surface area contributed by atoms with Crippen molar-refractivity contribution in [2.45, 2.75) is 13.3 Å². The van der Waals surface area contributed by atoms with Gasteiger partial charge in [-0.25, -0.2) is 4.98 Å². The van der Waals surface area contributed by atoms with Crippen molar-refractivity contribution in [2.24, 2.45) is 0 Å². The first-order chi connectivity index (χ1) is 9.65. The fraction of sp³-hybridized carbons (Fsp3) is 0.200. The van der Waals surface area contributed by atoms with Crippen LogP contribution in [0, 0.1) is 0 Å². The molecular weight excluding hydrogens is 274 g/mol. The van der Waals surface area contributed by atoms with E-state index in [0.717, 1.165) is 17.7 Å². The van der Waals surface area contributed by atoms with E-state index in [-0.39, 0.29) is 5.91 Å². The highest BCUT2D eigenvalue weighted by Gasteiger charge is 2.11. The number of benzene rings is 1. The predicted octanol–water partition coefficient (Wildman–Crippen LogP) is 3.59. The van der Waals surface area contributed by atoms with Crippen LogP contribution in [-0.2, 0) is 6.42 Å². The fourth-order valence-corrected chi connectivity index (χ4v) is 2.15. The maximum atomic E-state index is 12.2. The molecule has 0 aliphatic heterocycles. The molecule has 0 spiro atoms. The van der Waals surface area contributed by atoms with Gasteiger partial charge in [0.15, 0.2) is 0 Å². The lowest BCUT2D eigenvalue weighted by Gasteiger charge is -2.10. The number of aromatic nitrogens is 1. The van der Waals surface area contributed by atoms with Crippen molar-refractivity contribution >= 4 is 29.0 Å². The smallest absolute Gasteiger partial charge is 0.257 e. The van der Waals surface area contributed by atoms with Crippen LogP contribution in [-0.4, -0.2) is 17.9 Å². The Hall–Kier alpha value is -2.07. The molecule has 0 aliphatic carbocycles. The highest BCUT2D eigenvalue weighted by Crippen LogP contribution is 2.21. The fourth-order valence-electron chi connectivity index (χ4n) is 1.89. The van der Waals surface area contributed by atoms with Gasteiger partial charge < -0.3 is 10.6 Å². The molecule has 0 unspecified atom stereocenters. The van der Waals surface area contributed by atoms with Crippen LogP contribution in [0.25, 0.3) is 0 Å². The molecule has 1 amide bonds. The van der Waals surface area contributed by atoms with Gasteiger partial charge in [-0.05, 0) is 24.1 Å². The first-order valence-corrected chi connectivity index (χ1v) is 6.76. The summed E-state index contributed by atoms with van der Waals surface area (Å²) in [4.78, 5) is 16.3. The number of aryl methyl sites for hydroxylation is 1. The van der Waals surface area contributed by atoms with Gasteiger partial charge in [-0.15, -0.1) is 0 Å². The number of nitrogens with one attached hydrogen (secondary N) is 2. The molecule has 2 rings (SSSR count). The Morgan fingerprint density at radius 1 is 1.35 bits per heavy atom. The molecule has 1 aromatic heterocycles. The maximum absolute atomic E-state index is 12.2. The molecule has 4 nitrogen and oxygen atoms in total. The molecule has 0 bridgehead atoms. The van der Waals surface area contributed by atoms with Crippen LogP contribution in [0.15, 0.2) is 36.5 Å². The quantitative estimate of drug-likeness (QED) is 0.904. The van der Waals surface area contributed by atoms with E-state index in [0.29, 0.717) is 16.4 Å². The number of hydrogen-bond donors (Lipinski definition) is 2. The molecule has 0 saturated carbocycles. The Balaban J connectivity index is 2.22. The molecule has 20 heavy (non-hydrogen) atoms. The van der Waals surface area contributed by atoms with Gasteiger partial charge in [0, 0.05) is 18.9 Å². The first-order valence-electron chi connectivity index (χ1n) is 6.38. The van der Waals surface area contributed by atoms with Crippen LogP contribution in [0.2, 0.25) is 5.02 Å². The zero-order valence-electron chi connectivity index (χ0n) is 11.4. The summed E-state index contributed by atoms with van der Waals surface area (Å²) in [5.41, 5.74) is 2.33. The zero-order chi connectivity index (χ0) is 14.5. The number of pyridine rings is 1. The van der Waals surface area contributed by atoms with Crippen molar-refractivity contribution < 1.29 is 4.79 Å². The van der Waals surface area contributed by atoms with E-state index in [2.05, 4.69) is 15.6 Å². The van der Waals surface area contributed by atoms with E-state index in [4.69, 9.17) is 11.6 Å². The summed E-state index contributed by atoms with van der Waals surface area (Å²) in [7, 11) is 1.73. The van der Waals surface area contributed by atoms with Gasteiger partial charge >= 0.3 is 0 Å². The molecule has 0 radical (unpaired) electrons. The first kappa shape index (κ1) is 14.3. The number of amides is 1. The van der Waals surface area contributed by atoms with E-state index in [9.17, 15) is 4.79 Å². The molecule has 104 valence electrons. The molecule has 0 fully saturated rings. The van der Waals surface area contributed by atoms with Crippen LogP contribution < -0.4 is 10.6 Å². The molecule has 2 N–H and O–H groups in total. The molecule has 1 heterocycles. The molecule has 0 atom stereocenters. The average molecular weight is 290 g/mol. The SMILES string of the molecule is CCc1ccccc1NC(=O)c1cnc(NC)c(Cl)c1. The van der Waals surface area contributed by atoms with Crippen LogP contribution in [0.5, 0.6) is 0 Å². The highest BCUT2D eigenvalue weighted by molar-refractivity contribution is 6.33. The lowest BCUT2D eigenvalue weighted by atomic mass is 10.1. The van der Waals surface area contributed by atoms with Crippen molar-refractivity contribution in [3.8, 4) is 0 Å². The third kappa shape index (κ3) is 3.08. The molecular formula is C15H16ClN3O. The minimum atomic E-state index is -0.219. The topological polar surface area (TPSA) is 54.0 Å². The summed E-state index contributed by atoms with van der Waals surface area (Å²) in [6.45, 7) is 2.05. The number of halogens is 1. The summed E-state index contributed by atoms with van der Waals surface area (Å²) in [5, 5.41) is 6.16. The monoisotopic (exact) mass is 289 g/mol. The second kappa shape index (κ2) is 6.39. The van der Waals surface area contributed by atoms with Gasteiger partial charge in [0.05, 0.1) is 10.6 Å². The normalized spacial score (nSPS) is 10.2. The number of para-hydroxylation sites is 1. The van der Waals surface area contributed by atoms with Gasteiger partial charge in [0.1, 0.15) is 5.82 Å². The van der Waals surface area contributed by atoms with E-state index < -0.39 is 0 Å². The molecule has 0 saturated heterocycles. The van der Waals surface area contributed by atoms with Gasteiger partial charge in [-0.3, -0.25) is 4.79 Å². The molecule has 1 aromatic carbocycles. The number of hydrogen-bond acceptors (Lipinski definition) is 3. The Kier molecular flexibility index (Phi) is 4.58. The largest absolute Gasteiger partial charge is 0.372 e. The Morgan fingerprint density at radius 2 is 2.10 bits per heavy atom. The van der Waals surface area contributed by atoms with Crippen LogP contribution in [0.4, 0.5) is 11.5 Å². The van der Waals surface area contributed by atoms with Gasteiger partial charge in [-0.2, -0.15) is 0 Å². The number of anilines is 2. The van der Waals surface area contributed by atoms with Crippen LogP contribution >= 0.6 is 11.6 Å². The van der Waals surface area contributed by atoms with Crippen LogP contribution in [0.3, 0.4) is 0 Å². The van der Waals surface area contributed by atoms with E-state index in [1.165, 1.54) is 6.20 Å². The predicted molar refractivity (Wildman–Crippen MR) is 82.6 cm³/mol. The Bertz CT molecular complexity index is 628. The number of nitrogens with zero attached hydrogens (tertiary/aromatic N) is 1. The van der Waals surface area contributed by atoms with E-state index in [1.807, 2.05) is 31.2 Å². The Morgan fingerprint density at radius 3 is 2.75 bits per heavy atom. The summed E-state index contributed by atoms with van der Waals surface area (Å²) < 4.78 is 0. The summed E-state index contributed by atoms with van der Waals surface area (Å²) >= 11 is 6.03. The molecule has 5 heteroatoms. The van der Waals surface area contributed by atoms with Crippen molar-refractivity contribution in [3.63, 3.8) is 0 Å². The summed E-state index contributed by atoms with van der Waals surface area (Å²) in [5.74, 6) is 0.333. The maximum Gasteiger partial charge on any atom is 0.257 e. The lowest BCUT2D eigenvalue weighted by Crippen LogP contribution is -2.13. The number of rotatable bonds is 4. The minimum absolute atomic E-state index is 0.219. The second-order valence-electron chi connectivity index (χ2n) is 4.27. The molecule has 2 aromatic rings. The van der Waals surface area contributed by atoms with Gasteiger partial charge in [0.2, 0.25) is 0 Å². The van der Waals surface area contributed by atoms with Gasteiger partial charge in [-0.1, -0.05) is 36.7 Å². The third-order valence-corrected chi connectivity index (χ3v) is 3.27. The van der Waals surface area contributed by atoms with E-state index >= 15 is 0 Å². The molecule has 0 aliphatic rings. The minimum Gasteiger partial charge on any atom is -0.372 e. The van der Waals surface area contributed by atoms with Crippen LogP contribution in [0.1, 0.15) is 22.8 Å². The van der Waals surface area contributed by atoms with Crippen molar-refractivity contribution in [1.82, 2.24) is 4.98 Å². The van der Waals surface area contributed by atoms with E-state index in [1.54, 1.807) is 13.1 Å². The lowest BCUT2D eigenvalue weighted by molar-refractivity contribution is 0.102. The van der Waals surface area contributed by atoms with Gasteiger partial charge in [0.25, 0.3) is 5.91 Å². The zero-order valence-corrected chi connectivity index (χ0v) is 12.2. The standard InChI is InChI=1S/C15H16ClN3O/c1-3-10-6-4-5-7-13(10)19-15(20)11-8-12(16)14(17-2)18-9-11/h4-9H,3H2,1-2H3,(H,17,18)(H,19,20). The second-order valence-corrected chi connectivity index (χ2v) is 4.68. The number of carbonyl (C=O) groups excluding carboxylic acids is 1. The third-order valence-electron chi connectivity index (χ3n) is 2.99. The summed E-state index contributed by atoms with van der Waals surface area (Å²) in [6.07, 6.45) is 2.36. The average Bonchev–Trinajstić information content (AvgIpc) is 2.47. The van der Waals surface area contributed by atoms with Crippen molar-refractivity contribution in [1.29, 1.82) is 0 Å².